The molecule has 2 aliphatic rings. The van der Waals surface area contributed by atoms with Gasteiger partial charge < -0.3 is 10.3 Å². The summed E-state index contributed by atoms with van der Waals surface area (Å²) in [6.07, 6.45) is 10.6. The van der Waals surface area contributed by atoms with Gasteiger partial charge >= 0.3 is 0 Å². The molecule has 1 unspecified atom stereocenters. The monoisotopic (exact) mass is 338 g/mol. The Labute approximate surface area is 148 Å². The van der Waals surface area contributed by atoms with E-state index in [1.807, 2.05) is 12.1 Å². The molecule has 0 aliphatic carbocycles. The van der Waals surface area contributed by atoms with Crippen LogP contribution in [0.5, 0.6) is 0 Å². The summed E-state index contributed by atoms with van der Waals surface area (Å²) in [6.45, 7) is 4.36. The smallest absolute Gasteiger partial charge is 0.225 e. The van der Waals surface area contributed by atoms with Crippen LogP contribution in [0, 0.1) is 0 Å². The Morgan fingerprint density at radius 3 is 3.24 bits per heavy atom. The van der Waals surface area contributed by atoms with Crippen molar-refractivity contribution in [3.05, 3.63) is 30.0 Å². The lowest BCUT2D eigenvalue weighted by Gasteiger charge is -2.28. The van der Waals surface area contributed by atoms with E-state index in [0.29, 0.717) is 18.3 Å². The minimum Gasteiger partial charge on any atom is -0.359 e. The van der Waals surface area contributed by atoms with Crippen LogP contribution in [0.25, 0.3) is 16.6 Å². The van der Waals surface area contributed by atoms with Crippen LogP contribution in [0.4, 0.5) is 5.82 Å². The number of hydrogen-bond donors (Lipinski definition) is 2. The quantitative estimate of drug-likeness (QED) is 0.868. The molecule has 2 N–H and O–H groups in total. The summed E-state index contributed by atoms with van der Waals surface area (Å²) in [6, 6.07) is 4.56. The zero-order valence-electron chi connectivity index (χ0n) is 14.8. The van der Waals surface area contributed by atoms with Crippen LogP contribution >= 0.6 is 0 Å². The van der Waals surface area contributed by atoms with E-state index in [2.05, 4.69) is 34.4 Å². The predicted molar refractivity (Wildman–Crippen MR) is 101 cm³/mol. The number of hydrogen-bond acceptors (Lipinski definition) is 3. The van der Waals surface area contributed by atoms with Gasteiger partial charge in [0.25, 0.3) is 0 Å². The van der Waals surface area contributed by atoms with E-state index in [4.69, 9.17) is 4.98 Å². The van der Waals surface area contributed by atoms with Gasteiger partial charge in [-0.3, -0.25) is 9.69 Å². The van der Waals surface area contributed by atoms with E-state index in [1.54, 1.807) is 0 Å². The van der Waals surface area contributed by atoms with Gasteiger partial charge in [0.05, 0.1) is 11.0 Å². The van der Waals surface area contributed by atoms with Crippen molar-refractivity contribution in [2.24, 2.45) is 0 Å². The number of aromatic nitrogens is 2. The average molecular weight is 338 g/mol. The lowest BCUT2D eigenvalue weighted by molar-refractivity contribution is -0.116. The minimum atomic E-state index is 0.0456. The fourth-order valence-corrected chi connectivity index (χ4v) is 4.01. The molecule has 2 aromatic heterocycles. The van der Waals surface area contributed by atoms with E-state index in [0.717, 1.165) is 36.8 Å². The number of aromatic amines is 1. The van der Waals surface area contributed by atoms with Crippen molar-refractivity contribution in [1.82, 2.24) is 14.9 Å². The third-order valence-corrected chi connectivity index (χ3v) is 5.42. The molecule has 4 rings (SSSR count). The fraction of sp³-hybridized carbons (Fsp3) is 0.500. The highest BCUT2D eigenvalue weighted by Crippen LogP contribution is 2.34. The molecule has 4 heterocycles. The first-order chi connectivity index (χ1) is 12.2. The van der Waals surface area contributed by atoms with Crippen molar-refractivity contribution in [2.75, 3.05) is 18.4 Å². The molecule has 0 aromatic carbocycles. The number of pyridine rings is 1. The van der Waals surface area contributed by atoms with Gasteiger partial charge in [-0.2, -0.15) is 0 Å². The third-order valence-electron chi connectivity index (χ3n) is 5.42. The van der Waals surface area contributed by atoms with Crippen LogP contribution < -0.4 is 5.32 Å². The number of H-pyrrole nitrogens is 1. The average Bonchev–Trinajstić information content (AvgIpc) is 3.25. The summed E-state index contributed by atoms with van der Waals surface area (Å²) in [5.74, 6) is 0.692. The molecule has 1 fully saturated rings. The molecule has 2 aliphatic heterocycles. The lowest BCUT2D eigenvalue weighted by atomic mass is 9.95. The maximum absolute atomic E-state index is 12.0. The Morgan fingerprint density at radius 1 is 1.44 bits per heavy atom. The van der Waals surface area contributed by atoms with Crippen molar-refractivity contribution in [3.63, 3.8) is 0 Å². The highest BCUT2D eigenvalue weighted by atomic mass is 16.1. The Hall–Kier alpha value is -2.14. The summed E-state index contributed by atoms with van der Waals surface area (Å²) in [7, 11) is 0. The molecule has 1 saturated heterocycles. The summed E-state index contributed by atoms with van der Waals surface area (Å²) in [5, 5.41) is 2.93. The maximum Gasteiger partial charge on any atom is 0.225 e. The van der Waals surface area contributed by atoms with Crippen LogP contribution in [0.3, 0.4) is 0 Å². The molecule has 0 spiro atoms. The number of carbonyl (C=O) groups excluding carboxylic acids is 1. The van der Waals surface area contributed by atoms with Crippen molar-refractivity contribution in [1.29, 1.82) is 0 Å². The minimum absolute atomic E-state index is 0.0456. The van der Waals surface area contributed by atoms with E-state index in [-0.39, 0.29) is 5.91 Å². The Kier molecular flexibility index (Phi) is 4.57. The van der Waals surface area contributed by atoms with Crippen LogP contribution in [0.1, 0.15) is 51.0 Å². The highest BCUT2D eigenvalue weighted by molar-refractivity contribution is 5.94. The molecule has 5 nitrogen and oxygen atoms in total. The number of unbranched alkanes of at least 4 members (excludes halogenated alkanes) is 1. The number of carbonyl (C=O) groups is 1. The molecule has 1 amide bonds. The lowest BCUT2D eigenvalue weighted by Crippen LogP contribution is -2.32. The highest BCUT2D eigenvalue weighted by Gasteiger charge is 2.28. The Balaban J connectivity index is 1.57. The summed E-state index contributed by atoms with van der Waals surface area (Å²) < 4.78 is 0. The molecule has 0 radical (unpaired) electrons. The molecule has 0 bridgehead atoms. The number of anilines is 1. The van der Waals surface area contributed by atoms with Gasteiger partial charge in [0.15, 0.2) is 0 Å². The van der Waals surface area contributed by atoms with Crippen molar-refractivity contribution in [3.8, 4) is 0 Å². The molecular weight excluding hydrogens is 312 g/mol. The fourth-order valence-electron chi connectivity index (χ4n) is 4.01. The second kappa shape index (κ2) is 7.00. The molecule has 0 saturated carbocycles. The van der Waals surface area contributed by atoms with Crippen LogP contribution in [0.15, 0.2) is 24.4 Å². The van der Waals surface area contributed by atoms with Gasteiger partial charge in [-0.05, 0) is 49.9 Å². The van der Waals surface area contributed by atoms with Gasteiger partial charge in [0.2, 0.25) is 5.91 Å². The zero-order valence-corrected chi connectivity index (χ0v) is 14.8. The van der Waals surface area contributed by atoms with Gasteiger partial charge in [0.1, 0.15) is 5.82 Å². The first-order valence-corrected chi connectivity index (χ1v) is 9.46. The van der Waals surface area contributed by atoms with E-state index >= 15 is 0 Å². The topological polar surface area (TPSA) is 61.0 Å². The summed E-state index contributed by atoms with van der Waals surface area (Å²) >= 11 is 0. The van der Waals surface area contributed by atoms with Crippen molar-refractivity contribution in [2.45, 2.75) is 51.5 Å². The second-order valence-corrected chi connectivity index (χ2v) is 7.17. The summed E-state index contributed by atoms with van der Waals surface area (Å²) in [4.78, 5) is 22.6. The van der Waals surface area contributed by atoms with Crippen LogP contribution in [0.2, 0.25) is 0 Å². The first-order valence-electron chi connectivity index (χ1n) is 9.46. The zero-order chi connectivity index (χ0) is 17.2. The summed E-state index contributed by atoms with van der Waals surface area (Å²) in [5.41, 5.74) is 4.56. The molecule has 132 valence electrons. The normalized spacial score (nSPS) is 20.5. The number of rotatable bonds is 5. The molecular formula is C20H26N4O. The van der Waals surface area contributed by atoms with Crippen molar-refractivity contribution >= 4 is 28.3 Å². The van der Waals surface area contributed by atoms with Crippen molar-refractivity contribution < 1.29 is 4.79 Å². The first kappa shape index (κ1) is 16.3. The maximum atomic E-state index is 12.0. The van der Waals surface area contributed by atoms with E-state index in [9.17, 15) is 4.79 Å². The Bertz CT molecular complexity index is 807. The molecule has 2 aromatic rings. The van der Waals surface area contributed by atoms with Gasteiger partial charge in [0, 0.05) is 30.8 Å². The Morgan fingerprint density at radius 2 is 2.36 bits per heavy atom. The third kappa shape index (κ3) is 3.33. The largest absolute Gasteiger partial charge is 0.359 e. The number of fused-ring (bicyclic) bond motifs is 2. The van der Waals surface area contributed by atoms with E-state index in [1.165, 1.54) is 30.5 Å². The second-order valence-electron chi connectivity index (χ2n) is 7.17. The predicted octanol–water partition coefficient (Wildman–Crippen LogP) is 3.94. The number of nitrogens with one attached hydrogen (secondary N) is 2. The number of nitrogens with zero attached hydrogens (tertiary/aromatic N) is 2. The molecule has 25 heavy (non-hydrogen) atoms. The standard InChI is InChI=1S/C20H26N4O/c1-2-3-6-19(25)22-18-8-7-17-20(23-18)16(13-21-17)14-9-11-24-10-4-5-15(24)12-14/h7-9,13,15,21H,2-6,10-12H2,1H3,(H,22,23,25). The molecule has 1 atom stereocenters. The molecule has 5 heteroatoms. The van der Waals surface area contributed by atoms with Crippen LogP contribution in [-0.4, -0.2) is 39.9 Å². The van der Waals surface area contributed by atoms with Crippen LogP contribution in [-0.2, 0) is 4.79 Å². The number of amides is 1. The van der Waals surface area contributed by atoms with E-state index < -0.39 is 0 Å². The van der Waals surface area contributed by atoms with Gasteiger partial charge in [-0.15, -0.1) is 0 Å². The SMILES string of the molecule is CCCCC(=O)Nc1ccc2[nH]cc(C3=CCN4CCCC4C3)c2n1. The van der Waals surface area contributed by atoms with Gasteiger partial charge in [-0.1, -0.05) is 19.4 Å². The van der Waals surface area contributed by atoms with Gasteiger partial charge in [-0.25, -0.2) is 4.98 Å².